The van der Waals surface area contributed by atoms with Crippen LogP contribution in [0.4, 0.5) is 0 Å². The molecule has 1 saturated carbocycles. The van der Waals surface area contributed by atoms with Gasteiger partial charge in [0, 0.05) is 45.6 Å². The Balaban J connectivity index is 0.00000169. The molecule has 1 aromatic heterocycles. The van der Waals surface area contributed by atoms with Gasteiger partial charge in [0.2, 0.25) is 0 Å². The minimum Gasteiger partial charge on any atom is -0.370 e. The van der Waals surface area contributed by atoms with Gasteiger partial charge in [-0.15, -0.1) is 17.0 Å². The number of ether oxygens (including phenoxy) is 1. The lowest BCUT2D eigenvalue weighted by Gasteiger charge is -2.28. The Hall–Kier alpha value is -1.08. The van der Waals surface area contributed by atoms with Gasteiger partial charge in [0.05, 0.1) is 6.04 Å². The van der Waals surface area contributed by atoms with Crippen molar-refractivity contribution < 1.29 is 4.74 Å². The van der Waals surface area contributed by atoms with Crippen molar-refractivity contribution >= 4 is 22.9 Å². The number of hydrogen-bond donors (Lipinski definition) is 1. The van der Waals surface area contributed by atoms with E-state index < -0.39 is 0 Å². The van der Waals surface area contributed by atoms with E-state index in [-0.39, 0.29) is 29.1 Å². The first-order valence-corrected chi connectivity index (χ1v) is 8.87. The lowest BCUT2D eigenvalue weighted by atomic mass is 10.0. The second-order valence-electron chi connectivity index (χ2n) is 7.25. The van der Waals surface area contributed by atoms with Crippen LogP contribution in [0.25, 0.3) is 0 Å². The third-order valence-corrected chi connectivity index (χ3v) is 5.55. The molecule has 3 unspecified atom stereocenters. The van der Waals surface area contributed by atoms with Crippen LogP contribution in [0.1, 0.15) is 44.0 Å². The second kappa shape index (κ2) is 7.44. The first-order chi connectivity index (χ1) is 11.2. The molecule has 4 rings (SSSR count). The summed E-state index contributed by atoms with van der Waals surface area (Å²) >= 11 is 0. The fraction of sp³-hybridized carbons (Fsp3) is 0.765. The zero-order valence-electron chi connectivity index (χ0n) is 14.3. The van der Waals surface area contributed by atoms with Gasteiger partial charge in [-0.2, -0.15) is 0 Å². The number of nitrogens with zero attached hydrogens (tertiary/aromatic N) is 4. The predicted molar refractivity (Wildman–Crippen MR) is 99.3 cm³/mol. The van der Waals surface area contributed by atoms with Crippen molar-refractivity contribution in [1.82, 2.24) is 14.5 Å². The van der Waals surface area contributed by atoms with E-state index in [0.717, 1.165) is 56.2 Å². The normalized spacial score (nSPS) is 31.1. The molecule has 3 aliphatic rings. The van der Waals surface area contributed by atoms with Gasteiger partial charge in [0.15, 0.2) is 5.96 Å². The molecule has 24 heavy (non-hydrogen) atoms. The largest absolute Gasteiger partial charge is 0.370 e. The van der Waals surface area contributed by atoms with Crippen LogP contribution in [0.15, 0.2) is 17.4 Å². The van der Waals surface area contributed by atoms with Gasteiger partial charge in [-0.25, -0.2) is 9.98 Å². The summed E-state index contributed by atoms with van der Waals surface area (Å²) < 4.78 is 7.92. The average Bonchev–Trinajstić information content (AvgIpc) is 3.11. The number of guanidine groups is 1. The van der Waals surface area contributed by atoms with Crippen molar-refractivity contribution in [1.29, 1.82) is 0 Å². The Morgan fingerprint density at radius 3 is 2.83 bits per heavy atom. The standard InChI is InChI=1S/C17H27N5O.BrH/c1-21-8-6-19-16(21)15-10-14(5-9-23-15)20-17(18)22-7-4-13(11-22)12-2-3-12;/h6,8,12-15H,2-5,7,9-11H2,1H3,(H2,18,20);1H. The highest BCUT2D eigenvalue weighted by Gasteiger charge is 2.36. The number of likely N-dealkylation sites (tertiary alicyclic amines) is 1. The molecule has 0 radical (unpaired) electrons. The molecule has 1 aliphatic carbocycles. The highest BCUT2D eigenvalue weighted by Crippen LogP contribution is 2.41. The van der Waals surface area contributed by atoms with Crippen LogP contribution >= 0.6 is 17.0 Å². The maximum absolute atomic E-state index is 6.30. The highest BCUT2D eigenvalue weighted by atomic mass is 79.9. The van der Waals surface area contributed by atoms with E-state index >= 15 is 0 Å². The quantitative estimate of drug-likeness (QED) is 0.627. The molecule has 0 bridgehead atoms. The van der Waals surface area contributed by atoms with Crippen molar-refractivity contribution in [2.45, 2.75) is 44.2 Å². The Morgan fingerprint density at radius 1 is 1.29 bits per heavy atom. The molecule has 2 N–H and O–H groups in total. The Bertz CT molecular complexity index is 585. The zero-order chi connectivity index (χ0) is 15.8. The van der Waals surface area contributed by atoms with Crippen molar-refractivity contribution in [3.63, 3.8) is 0 Å². The summed E-state index contributed by atoms with van der Waals surface area (Å²) in [7, 11) is 2.01. The summed E-state index contributed by atoms with van der Waals surface area (Å²) in [6.07, 6.45) is 9.74. The molecule has 0 aromatic carbocycles. The molecule has 134 valence electrons. The van der Waals surface area contributed by atoms with Crippen LogP contribution in [-0.2, 0) is 11.8 Å². The van der Waals surface area contributed by atoms with Crippen LogP contribution in [-0.4, -0.2) is 46.1 Å². The molecule has 0 spiro atoms. The molecule has 6 nitrogen and oxygen atoms in total. The Morgan fingerprint density at radius 2 is 2.12 bits per heavy atom. The fourth-order valence-corrected chi connectivity index (χ4v) is 3.98. The summed E-state index contributed by atoms with van der Waals surface area (Å²) in [5, 5.41) is 0. The van der Waals surface area contributed by atoms with Gasteiger partial charge >= 0.3 is 0 Å². The second-order valence-corrected chi connectivity index (χ2v) is 7.25. The van der Waals surface area contributed by atoms with Gasteiger partial charge in [0.1, 0.15) is 11.9 Å². The number of nitrogens with two attached hydrogens (primary N) is 1. The summed E-state index contributed by atoms with van der Waals surface area (Å²) in [5.74, 6) is 3.53. The molecule has 3 heterocycles. The Labute approximate surface area is 154 Å². The van der Waals surface area contributed by atoms with Crippen molar-refractivity contribution in [2.24, 2.45) is 29.6 Å². The molecule has 0 amide bonds. The predicted octanol–water partition coefficient (Wildman–Crippen LogP) is 2.26. The lowest BCUT2D eigenvalue weighted by molar-refractivity contribution is 0.0000987. The van der Waals surface area contributed by atoms with Gasteiger partial charge < -0.3 is 19.9 Å². The van der Waals surface area contributed by atoms with Crippen LogP contribution < -0.4 is 5.73 Å². The van der Waals surface area contributed by atoms with Crippen molar-refractivity contribution in [2.75, 3.05) is 19.7 Å². The number of rotatable bonds is 3. The molecule has 2 saturated heterocycles. The third kappa shape index (κ3) is 3.77. The van der Waals surface area contributed by atoms with E-state index in [1.165, 1.54) is 19.3 Å². The number of imidazole rings is 1. The summed E-state index contributed by atoms with van der Waals surface area (Å²) in [5.41, 5.74) is 6.30. The summed E-state index contributed by atoms with van der Waals surface area (Å²) in [6.45, 7) is 2.90. The van der Waals surface area contributed by atoms with Crippen molar-refractivity contribution in [3.05, 3.63) is 18.2 Å². The van der Waals surface area contributed by atoms with E-state index in [2.05, 4.69) is 9.88 Å². The first-order valence-electron chi connectivity index (χ1n) is 8.87. The fourth-order valence-electron chi connectivity index (χ4n) is 3.98. The maximum atomic E-state index is 6.30. The number of aryl methyl sites for hydroxylation is 1. The number of halogens is 1. The van der Waals surface area contributed by atoms with E-state index in [9.17, 15) is 0 Å². The van der Waals surface area contributed by atoms with Gasteiger partial charge in [0.25, 0.3) is 0 Å². The van der Waals surface area contributed by atoms with Gasteiger partial charge in [-0.05, 0) is 37.5 Å². The Kier molecular flexibility index (Phi) is 5.49. The molecule has 3 fully saturated rings. The molecular weight excluding hydrogens is 370 g/mol. The number of hydrogen-bond acceptors (Lipinski definition) is 3. The monoisotopic (exact) mass is 397 g/mol. The van der Waals surface area contributed by atoms with Crippen LogP contribution in [0, 0.1) is 11.8 Å². The SMILES string of the molecule is Br.Cn1ccnc1C1CC(N=C(N)N2CCC(C3CC3)C2)CCO1. The average molecular weight is 398 g/mol. The molecule has 1 aromatic rings. The van der Waals surface area contributed by atoms with E-state index in [1.807, 2.05) is 24.0 Å². The zero-order valence-corrected chi connectivity index (χ0v) is 16.0. The molecule has 3 atom stereocenters. The van der Waals surface area contributed by atoms with Crippen molar-refractivity contribution in [3.8, 4) is 0 Å². The summed E-state index contributed by atoms with van der Waals surface area (Å²) in [6, 6.07) is 0.241. The van der Waals surface area contributed by atoms with Crippen LogP contribution in [0.3, 0.4) is 0 Å². The maximum Gasteiger partial charge on any atom is 0.191 e. The minimum atomic E-state index is 0. The smallest absolute Gasteiger partial charge is 0.191 e. The van der Waals surface area contributed by atoms with Crippen LogP contribution in [0.5, 0.6) is 0 Å². The number of aromatic nitrogens is 2. The first kappa shape index (κ1) is 17.7. The van der Waals surface area contributed by atoms with E-state index in [0.29, 0.717) is 0 Å². The van der Waals surface area contributed by atoms with Crippen LogP contribution in [0.2, 0.25) is 0 Å². The highest BCUT2D eigenvalue weighted by molar-refractivity contribution is 8.93. The van der Waals surface area contributed by atoms with E-state index in [1.54, 1.807) is 0 Å². The van der Waals surface area contributed by atoms with Gasteiger partial charge in [-0.1, -0.05) is 0 Å². The molecule has 2 aliphatic heterocycles. The van der Waals surface area contributed by atoms with E-state index in [4.69, 9.17) is 15.5 Å². The van der Waals surface area contributed by atoms with Gasteiger partial charge in [-0.3, -0.25) is 0 Å². The summed E-state index contributed by atoms with van der Waals surface area (Å²) in [4.78, 5) is 11.5. The lowest BCUT2D eigenvalue weighted by Crippen LogP contribution is -2.37. The number of aliphatic imine (C=N–C) groups is 1. The third-order valence-electron chi connectivity index (χ3n) is 5.55. The minimum absolute atomic E-state index is 0. The molecule has 7 heteroatoms. The topological polar surface area (TPSA) is 68.7 Å². The molecular formula is C17H28BrN5O.